The molecular formula is C12H12N4O2. The number of carboxylic acids is 1. The smallest absolute Gasteiger partial charge is 0.337 e. The molecule has 0 aliphatic carbocycles. The minimum absolute atomic E-state index is 0.130. The largest absolute Gasteiger partial charge is 0.478 e. The molecule has 2 aromatic heterocycles. The lowest BCUT2D eigenvalue weighted by molar-refractivity contribution is 0.0696. The predicted octanol–water partition coefficient (Wildman–Crippen LogP) is 1.26. The zero-order chi connectivity index (χ0) is 13.1. The molecule has 2 aromatic rings. The van der Waals surface area contributed by atoms with Crippen molar-refractivity contribution in [1.82, 2.24) is 15.0 Å². The Morgan fingerprint density at radius 3 is 2.56 bits per heavy atom. The van der Waals surface area contributed by atoms with E-state index in [1.165, 1.54) is 12.3 Å². The summed E-state index contributed by atoms with van der Waals surface area (Å²) < 4.78 is 0. The van der Waals surface area contributed by atoms with Crippen molar-refractivity contribution in [3.8, 4) is 11.4 Å². The molecule has 0 aliphatic rings. The number of pyridine rings is 1. The van der Waals surface area contributed by atoms with Gasteiger partial charge in [-0.3, -0.25) is 15.0 Å². The number of carboxylic acid groups (broad SMARTS) is 1. The van der Waals surface area contributed by atoms with Gasteiger partial charge in [0.25, 0.3) is 0 Å². The van der Waals surface area contributed by atoms with Crippen LogP contribution >= 0.6 is 0 Å². The first-order chi connectivity index (χ1) is 8.59. The van der Waals surface area contributed by atoms with E-state index in [0.717, 1.165) is 0 Å². The Labute approximate surface area is 104 Å². The van der Waals surface area contributed by atoms with E-state index in [2.05, 4.69) is 15.0 Å². The van der Waals surface area contributed by atoms with Gasteiger partial charge in [-0.05, 0) is 19.1 Å². The molecule has 0 aromatic carbocycles. The van der Waals surface area contributed by atoms with Crippen molar-refractivity contribution in [2.45, 2.75) is 13.0 Å². The van der Waals surface area contributed by atoms with Gasteiger partial charge in [0.05, 0.1) is 17.0 Å². The molecule has 0 bridgehead atoms. The number of hydrogen-bond acceptors (Lipinski definition) is 5. The van der Waals surface area contributed by atoms with Crippen LogP contribution in [0.1, 0.15) is 29.0 Å². The van der Waals surface area contributed by atoms with Gasteiger partial charge in [-0.25, -0.2) is 4.79 Å². The lowest BCUT2D eigenvalue weighted by Gasteiger charge is -2.09. The third kappa shape index (κ3) is 2.33. The molecule has 6 heteroatoms. The zero-order valence-corrected chi connectivity index (χ0v) is 9.74. The molecule has 0 aliphatic heterocycles. The molecule has 2 rings (SSSR count). The second-order valence-corrected chi connectivity index (χ2v) is 3.82. The van der Waals surface area contributed by atoms with Gasteiger partial charge in [0.1, 0.15) is 5.69 Å². The fraction of sp³-hybridized carbons (Fsp3) is 0.167. The van der Waals surface area contributed by atoms with Crippen LogP contribution in [-0.2, 0) is 0 Å². The van der Waals surface area contributed by atoms with Gasteiger partial charge in [-0.1, -0.05) is 0 Å². The molecule has 0 saturated carbocycles. The highest BCUT2D eigenvalue weighted by atomic mass is 16.4. The lowest BCUT2D eigenvalue weighted by atomic mass is 10.1. The van der Waals surface area contributed by atoms with E-state index in [1.807, 2.05) is 0 Å². The van der Waals surface area contributed by atoms with Crippen LogP contribution in [0.25, 0.3) is 11.4 Å². The number of aromatic carboxylic acids is 1. The van der Waals surface area contributed by atoms with Crippen molar-refractivity contribution in [2.75, 3.05) is 0 Å². The SMILES string of the molecule is CC(N)c1nccnc1-c1ccc(C(=O)O)cn1. The van der Waals surface area contributed by atoms with Gasteiger partial charge in [-0.2, -0.15) is 0 Å². The van der Waals surface area contributed by atoms with Crippen molar-refractivity contribution in [3.05, 3.63) is 42.0 Å². The van der Waals surface area contributed by atoms with Crippen LogP contribution in [0.15, 0.2) is 30.7 Å². The van der Waals surface area contributed by atoms with Crippen molar-refractivity contribution < 1.29 is 9.90 Å². The van der Waals surface area contributed by atoms with E-state index in [1.54, 1.807) is 25.4 Å². The minimum Gasteiger partial charge on any atom is -0.478 e. The Morgan fingerprint density at radius 1 is 1.28 bits per heavy atom. The molecule has 6 nitrogen and oxygen atoms in total. The van der Waals surface area contributed by atoms with Crippen molar-refractivity contribution in [1.29, 1.82) is 0 Å². The van der Waals surface area contributed by atoms with Gasteiger partial charge in [0.2, 0.25) is 0 Å². The van der Waals surface area contributed by atoms with Crippen LogP contribution in [-0.4, -0.2) is 26.0 Å². The Hall–Kier alpha value is -2.34. The van der Waals surface area contributed by atoms with Gasteiger partial charge in [0.15, 0.2) is 0 Å². The molecule has 1 unspecified atom stereocenters. The van der Waals surface area contributed by atoms with E-state index in [0.29, 0.717) is 17.1 Å². The summed E-state index contributed by atoms with van der Waals surface area (Å²) in [5, 5.41) is 8.80. The maximum atomic E-state index is 10.7. The monoisotopic (exact) mass is 244 g/mol. The van der Waals surface area contributed by atoms with Crippen LogP contribution in [0.3, 0.4) is 0 Å². The van der Waals surface area contributed by atoms with Crippen LogP contribution in [0.4, 0.5) is 0 Å². The molecule has 1 atom stereocenters. The van der Waals surface area contributed by atoms with Crippen LogP contribution in [0.5, 0.6) is 0 Å². The number of rotatable bonds is 3. The summed E-state index contributed by atoms with van der Waals surface area (Å²) in [4.78, 5) is 23.2. The Bertz CT molecular complexity index is 567. The highest BCUT2D eigenvalue weighted by molar-refractivity contribution is 5.87. The van der Waals surface area contributed by atoms with E-state index >= 15 is 0 Å². The molecule has 0 spiro atoms. The second-order valence-electron chi connectivity index (χ2n) is 3.82. The minimum atomic E-state index is -1.01. The standard InChI is InChI=1S/C12H12N4O2/c1-7(13)10-11(15-5-4-14-10)9-3-2-8(6-16-9)12(17)18/h2-7H,13H2,1H3,(H,17,18). The van der Waals surface area contributed by atoms with Crippen LogP contribution in [0.2, 0.25) is 0 Å². The number of nitrogens with zero attached hydrogens (tertiary/aromatic N) is 3. The Kier molecular flexibility index (Phi) is 3.29. The van der Waals surface area contributed by atoms with Crippen LogP contribution in [0, 0.1) is 0 Å². The molecule has 0 radical (unpaired) electrons. The van der Waals surface area contributed by atoms with Gasteiger partial charge < -0.3 is 10.8 Å². The summed E-state index contributed by atoms with van der Waals surface area (Å²) in [5.41, 5.74) is 7.70. The number of hydrogen-bond donors (Lipinski definition) is 2. The fourth-order valence-electron chi connectivity index (χ4n) is 1.54. The molecule has 2 heterocycles. The maximum Gasteiger partial charge on any atom is 0.337 e. The summed E-state index contributed by atoms with van der Waals surface area (Å²) in [7, 11) is 0. The highest BCUT2D eigenvalue weighted by Gasteiger charge is 2.13. The summed E-state index contributed by atoms with van der Waals surface area (Å²) in [6, 6.07) is 2.80. The van der Waals surface area contributed by atoms with Crippen molar-refractivity contribution in [3.63, 3.8) is 0 Å². The number of carbonyl (C=O) groups is 1. The summed E-state index contributed by atoms with van der Waals surface area (Å²) in [5.74, 6) is -1.01. The van der Waals surface area contributed by atoms with E-state index < -0.39 is 5.97 Å². The maximum absolute atomic E-state index is 10.7. The number of nitrogens with two attached hydrogens (primary N) is 1. The molecule has 18 heavy (non-hydrogen) atoms. The van der Waals surface area contributed by atoms with E-state index in [9.17, 15) is 4.79 Å². The second kappa shape index (κ2) is 4.89. The lowest BCUT2D eigenvalue weighted by Crippen LogP contribution is -2.10. The normalized spacial score (nSPS) is 12.1. The number of aromatic nitrogens is 3. The quantitative estimate of drug-likeness (QED) is 0.842. The van der Waals surface area contributed by atoms with E-state index in [4.69, 9.17) is 10.8 Å². The van der Waals surface area contributed by atoms with Crippen molar-refractivity contribution in [2.24, 2.45) is 5.73 Å². The van der Waals surface area contributed by atoms with Crippen LogP contribution < -0.4 is 5.73 Å². The van der Waals surface area contributed by atoms with Gasteiger partial charge >= 0.3 is 5.97 Å². The molecule has 0 saturated heterocycles. The predicted molar refractivity (Wildman–Crippen MR) is 64.8 cm³/mol. The average molecular weight is 244 g/mol. The first kappa shape index (κ1) is 12.1. The summed E-state index contributed by atoms with van der Waals surface area (Å²) >= 11 is 0. The van der Waals surface area contributed by atoms with Gasteiger partial charge in [0, 0.05) is 24.6 Å². The zero-order valence-electron chi connectivity index (χ0n) is 9.74. The molecular weight excluding hydrogens is 232 g/mol. The Morgan fingerprint density at radius 2 is 2.00 bits per heavy atom. The first-order valence-electron chi connectivity index (χ1n) is 5.36. The average Bonchev–Trinajstić information content (AvgIpc) is 2.39. The first-order valence-corrected chi connectivity index (χ1v) is 5.36. The third-order valence-corrected chi connectivity index (χ3v) is 2.41. The van der Waals surface area contributed by atoms with Gasteiger partial charge in [-0.15, -0.1) is 0 Å². The topological polar surface area (TPSA) is 102 Å². The van der Waals surface area contributed by atoms with E-state index in [-0.39, 0.29) is 11.6 Å². The summed E-state index contributed by atoms with van der Waals surface area (Å²) in [6.07, 6.45) is 4.40. The fourth-order valence-corrected chi connectivity index (χ4v) is 1.54. The summed E-state index contributed by atoms with van der Waals surface area (Å²) in [6.45, 7) is 1.80. The molecule has 0 fully saturated rings. The third-order valence-electron chi connectivity index (χ3n) is 2.41. The Balaban J connectivity index is 2.46. The van der Waals surface area contributed by atoms with Crippen molar-refractivity contribution >= 4 is 5.97 Å². The molecule has 3 N–H and O–H groups in total. The highest BCUT2D eigenvalue weighted by Crippen LogP contribution is 2.21. The molecule has 92 valence electrons. The molecule has 0 amide bonds.